The Labute approximate surface area is 149 Å². The lowest BCUT2D eigenvalue weighted by molar-refractivity contribution is 0.148. The second-order valence-electron chi connectivity index (χ2n) is 7.14. The van der Waals surface area contributed by atoms with Crippen LogP contribution in [0.15, 0.2) is 0 Å². The molecule has 1 fully saturated rings. The highest BCUT2D eigenvalue weighted by molar-refractivity contribution is 5.66. The summed E-state index contributed by atoms with van der Waals surface area (Å²) in [5.41, 5.74) is 0. The van der Waals surface area contributed by atoms with Crippen molar-refractivity contribution in [2.24, 2.45) is 5.92 Å². The molecule has 1 saturated carbocycles. The average molecular weight is 336 g/mol. The molecule has 24 heavy (non-hydrogen) atoms. The molecule has 3 nitrogen and oxygen atoms in total. The lowest BCUT2D eigenvalue weighted by Crippen LogP contribution is -2.25. The second-order valence-corrected chi connectivity index (χ2v) is 7.14. The predicted molar refractivity (Wildman–Crippen MR) is 101 cm³/mol. The maximum Gasteiger partial charge on any atom is 0.407 e. The summed E-state index contributed by atoms with van der Waals surface area (Å²) in [6, 6.07) is 0. The molecule has 0 heterocycles. The number of terminal acetylenes is 1. The Morgan fingerprint density at radius 3 is 2.21 bits per heavy atom. The van der Waals surface area contributed by atoms with Crippen LogP contribution in [0.1, 0.15) is 96.3 Å². The number of amides is 1. The molecule has 0 saturated heterocycles. The largest absolute Gasteiger partial charge is 0.449 e. The Morgan fingerprint density at radius 2 is 1.58 bits per heavy atom. The van der Waals surface area contributed by atoms with Crippen molar-refractivity contribution >= 4 is 6.09 Å². The maximum atomic E-state index is 11.4. The van der Waals surface area contributed by atoms with Gasteiger partial charge in [-0.2, -0.15) is 0 Å². The Bertz CT molecular complexity index is 336. The van der Waals surface area contributed by atoms with Crippen molar-refractivity contribution in [1.82, 2.24) is 5.32 Å². The van der Waals surface area contributed by atoms with Crippen molar-refractivity contribution in [3.8, 4) is 12.3 Å². The summed E-state index contributed by atoms with van der Waals surface area (Å²) in [5, 5.41) is 2.79. The molecule has 0 aromatic rings. The van der Waals surface area contributed by atoms with Crippen molar-refractivity contribution in [2.45, 2.75) is 96.3 Å². The van der Waals surface area contributed by atoms with Gasteiger partial charge in [-0.25, -0.2) is 4.79 Å². The molecule has 0 spiro atoms. The molecule has 1 amide bonds. The summed E-state index contributed by atoms with van der Waals surface area (Å²) in [4.78, 5) is 11.4. The highest BCUT2D eigenvalue weighted by atomic mass is 16.5. The fourth-order valence-electron chi connectivity index (χ4n) is 3.54. The van der Waals surface area contributed by atoms with Crippen molar-refractivity contribution in [2.75, 3.05) is 13.2 Å². The minimum Gasteiger partial charge on any atom is -0.449 e. The van der Waals surface area contributed by atoms with Gasteiger partial charge in [0.15, 0.2) is 0 Å². The standard InChI is InChI=1S/C21H37NO2/c1-2-3-19-24-21(23)22-18-14-10-13-17-20-15-11-8-6-4-5-7-9-12-16-20/h1,20H,3-19H2,(H,22,23). The number of unbranched alkanes of at least 4 members (excludes halogenated alkanes) is 2. The summed E-state index contributed by atoms with van der Waals surface area (Å²) in [6.07, 6.45) is 24.5. The molecule has 3 heteroatoms. The number of hydrogen-bond acceptors (Lipinski definition) is 2. The first-order chi connectivity index (χ1) is 11.8. The molecule has 1 rings (SSSR count). The van der Waals surface area contributed by atoms with Crippen LogP contribution in [0.2, 0.25) is 0 Å². The van der Waals surface area contributed by atoms with Gasteiger partial charge >= 0.3 is 6.09 Å². The third kappa shape index (κ3) is 12.3. The van der Waals surface area contributed by atoms with E-state index in [1.807, 2.05) is 0 Å². The highest BCUT2D eigenvalue weighted by Gasteiger charge is 2.09. The van der Waals surface area contributed by atoms with Gasteiger partial charge in [-0.3, -0.25) is 0 Å². The molecule has 0 aliphatic heterocycles. The first kappa shape index (κ1) is 20.9. The number of rotatable bonds is 8. The summed E-state index contributed by atoms with van der Waals surface area (Å²) in [6.45, 7) is 1.02. The van der Waals surface area contributed by atoms with Crippen LogP contribution >= 0.6 is 0 Å². The van der Waals surface area contributed by atoms with E-state index in [1.165, 1.54) is 83.5 Å². The normalized spacial score (nSPS) is 17.5. The summed E-state index contributed by atoms with van der Waals surface area (Å²) in [5.74, 6) is 3.39. The fraction of sp³-hybridized carbons (Fsp3) is 0.857. The molecule has 1 N–H and O–H groups in total. The zero-order valence-electron chi connectivity index (χ0n) is 15.5. The van der Waals surface area contributed by atoms with Gasteiger partial charge in [0.2, 0.25) is 0 Å². The molecule has 0 unspecified atom stereocenters. The van der Waals surface area contributed by atoms with E-state index in [1.54, 1.807) is 0 Å². The minimum atomic E-state index is -0.339. The Kier molecular flexibility index (Phi) is 13.4. The molecule has 138 valence electrons. The predicted octanol–water partition coefficient (Wildman–Crippen LogP) is 5.83. The van der Waals surface area contributed by atoms with Crippen molar-refractivity contribution in [1.29, 1.82) is 0 Å². The van der Waals surface area contributed by atoms with Gasteiger partial charge in [-0.05, 0) is 12.3 Å². The van der Waals surface area contributed by atoms with Gasteiger partial charge in [0.25, 0.3) is 0 Å². The topological polar surface area (TPSA) is 38.3 Å². The third-order valence-corrected chi connectivity index (χ3v) is 5.01. The number of ether oxygens (including phenoxy) is 1. The van der Waals surface area contributed by atoms with E-state index >= 15 is 0 Å². The first-order valence-corrected chi connectivity index (χ1v) is 10.2. The van der Waals surface area contributed by atoms with Gasteiger partial charge in [0.1, 0.15) is 6.61 Å². The summed E-state index contributed by atoms with van der Waals surface area (Å²) in [7, 11) is 0. The summed E-state index contributed by atoms with van der Waals surface area (Å²) < 4.78 is 4.95. The van der Waals surface area contributed by atoms with Gasteiger partial charge < -0.3 is 10.1 Å². The van der Waals surface area contributed by atoms with Crippen LogP contribution in [0.3, 0.4) is 0 Å². The fourth-order valence-corrected chi connectivity index (χ4v) is 3.54. The monoisotopic (exact) mass is 335 g/mol. The van der Waals surface area contributed by atoms with Crippen LogP contribution in [-0.2, 0) is 4.74 Å². The molecule has 0 bridgehead atoms. The third-order valence-electron chi connectivity index (χ3n) is 5.01. The lowest BCUT2D eigenvalue weighted by Gasteiger charge is -2.16. The molecular formula is C21H37NO2. The van der Waals surface area contributed by atoms with Crippen molar-refractivity contribution in [3.05, 3.63) is 0 Å². The molecule has 0 atom stereocenters. The molecular weight excluding hydrogens is 298 g/mol. The van der Waals surface area contributed by atoms with E-state index in [0.29, 0.717) is 19.6 Å². The zero-order chi connectivity index (χ0) is 17.3. The van der Waals surface area contributed by atoms with Gasteiger partial charge in [0, 0.05) is 13.0 Å². The van der Waals surface area contributed by atoms with Gasteiger partial charge in [0.05, 0.1) is 0 Å². The lowest BCUT2D eigenvalue weighted by atomic mass is 9.90. The molecule has 0 aromatic heterocycles. The molecule has 0 radical (unpaired) electrons. The molecule has 1 aliphatic carbocycles. The van der Waals surface area contributed by atoms with E-state index in [0.717, 1.165) is 12.3 Å². The molecule has 0 aromatic carbocycles. The Morgan fingerprint density at radius 1 is 0.958 bits per heavy atom. The van der Waals surface area contributed by atoms with Crippen LogP contribution < -0.4 is 5.32 Å². The maximum absolute atomic E-state index is 11.4. The van der Waals surface area contributed by atoms with E-state index in [2.05, 4.69) is 11.2 Å². The van der Waals surface area contributed by atoms with E-state index in [-0.39, 0.29) is 6.09 Å². The molecule has 1 aliphatic rings. The Balaban J connectivity index is 2.01. The number of alkyl carbamates (subject to hydrolysis) is 1. The van der Waals surface area contributed by atoms with Crippen LogP contribution in [0, 0.1) is 18.3 Å². The number of carbonyl (C=O) groups is 1. The van der Waals surface area contributed by atoms with Gasteiger partial charge in [-0.1, -0.05) is 83.5 Å². The SMILES string of the molecule is C#CCCOC(=O)NCCCCCC1CCCCCCCCCC1. The number of carbonyl (C=O) groups excluding carboxylic acids is 1. The van der Waals surface area contributed by atoms with Crippen LogP contribution in [0.4, 0.5) is 4.79 Å². The minimum absolute atomic E-state index is 0.310. The smallest absolute Gasteiger partial charge is 0.407 e. The zero-order valence-corrected chi connectivity index (χ0v) is 15.5. The number of nitrogens with one attached hydrogen (secondary N) is 1. The first-order valence-electron chi connectivity index (χ1n) is 10.2. The number of hydrogen-bond donors (Lipinski definition) is 1. The van der Waals surface area contributed by atoms with E-state index in [4.69, 9.17) is 11.2 Å². The van der Waals surface area contributed by atoms with Gasteiger partial charge in [-0.15, -0.1) is 12.3 Å². The quantitative estimate of drug-likeness (QED) is 0.448. The second kappa shape index (κ2) is 15.4. The van der Waals surface area contributed by atoms with E-state index in [9.17, 15) is 4.79 Å². The van der Waals surface area contributed by atoms with Crippen LogP contribution in [0.5, 0.6) is 0 Å². The summed E-state index contributed by atoms with van der Waals surface area (Å²) >= 11 is 0. The van der Waals surface area contributed by atoms with Crippen molar-refractivity contribution < 1.29 is 9.53 Å². The average Bonchev–Trinajstić information content (AvgIpc) is 2.64. The Hall–Kier alpha value is -1.17. The highest BCUT2D eigenvalue weighted by Crippen LogP contribution is 2.25. The van der Waals surface area contributed by atoms with Crippen molar-refractivity contribution in [3.63, 3.8) is 0 Å². The van der Waals surface area contributed by atoms with Crippen LogP contribution in [-0.4, -0.2) is 19.2 Å². The van der Waals surface area contributed by atoms with E-state index < -0.39 is 0 Å². The van der Waals surface area contributed by atoms with Crippen LogP contribution in [0.25, 0.3) is 0 Å².